The second-order valence-electron chi connectivity index (χ2n) is 3.39. The molecule has 68 valence electrons. The van der Waals surface area contributed by atoms with E-state index in [2.05, 4.69) is 24.7 Å². The first kappa shape index (κ1) is 11.9. The molecule has 0 N–H and O–H groups in total. The van der Waals surface area contributed by atoms with Crippen molar-refractivity contribution in [1.29, 1.82) is 0 Å². The highest BCUT2D eigenvalue weighted by Gasteiger charge is 2.29. The zero-order valence-electron chi connectivity index (χ0n) is 8.27. The van der Waals surface area contributed by atoms with Crippen molar-refractivity contribution in [3.8, 4) is 37.0 Å². The Morgan fingerprint density at radius 3 is 1.54 bits per heavy atom. The fourth-order valence-corrected chi connectivity index (χ4v) is 4.90. The maximum absolute atomic E-state index is 5.35. The van der Waals surface area contributed by atoms with Crippen LogP contribution in [-0.4, -0.2) is 8.07 Å². The van der Waals surface area contributed by atoms with Gasteiger partial charge >= 0.3 is 0 Å². The molecule has 0 aromatic rings. The fraction of sp³-hybridized carbons (Fsp3) is 0.500. The molecule has 0 bridgehead atoms. The van der Waals surface area contributed by atoms with E-state index in [0.717, 1.165) is 30.6 Å². The largest absolute Gasteiger partial charge is 0.120 e. The van der Waals surface area contributed by atoms with Crippen LogP contribution in [0.15, 0.2) is 0 Å². The minimum Gasteiger partial charge on any atom is -0.120 e. The Kier molecular flexibility index (Phi) is 5.87. The third kappa shape index (κ3) is 3.89. The molecule has 0 saturated heterocycles. The van der Waals surface area contributed by atoms with Crippen molar-refractivity contribution in [2.24, 2.45) is 0 Å². The van der Waals surface area contributed by atoms with Crippen LogP contribution in [0.4, 0.5) is 0 Å². The van der Waals surface area contributed by atoms with E-state index in [0.29, 0.717) is 0 Å². The molecule has 0 radical (unpaired) electrons. The molecule has 0 nitrogen and oxygen atoms in total. The van der Waals surface area contributed by atoms with E-state index in [-0.39, 0.29) is 0 Å². The number of terminal acetylenes is 3. The van der Waals surface area contributed by atoms with Crippen molar-refractivity contribution in [2.75, 3.05) is 0 Å². The Labute approximate surface area is 83.1 Å². The van der Waals surface area contributed by atoms with Crippen LogP contribution in [0.3, 0.4) is 0 Å². The minimum atomic E-state index is -1.50. The maximum atomic E-state index is 5.35. The van der Waals surface area contributed by atoms with E-state index in [1.807, 2.05) is 0 Å². The predicted octanol–water partition coefficient (Wildman–Crippen LogP) is 2.74. The summed E-state index contributed by atoms with van der Waals surface area (Å²) in [7, 11) is -1.50. The summed E-state index contributed by atoms with van der Waals surface area (Å²) >= 11 is 0. The van der Waals surface area contributed by atoms with Gasteiger partial charge in [-0.25, -0.2) is 0 Å². The van der Waals surface area contributed by atoms with E-state index in [9.17, 15) is 0 Å². The summed E-state index contributed by atoms with van der Waals surface area (Å²) in [5.74, 6) is 8.20. The molecule has 0 saturated carbocycles. The number of hydrogen-bond donors (Lipinski definition) is 0. The molecule has 0 aliphatic carbocycles. The Bertz CT molecular complexity index is 216. The van der Waals surface area contributed by atoms with Gasteiger partial charge in [0.05, 0.1) is 8.07 Å². The first-order chi connectivity index (χ1) is 6.24. The van der Waals surface area contributed by atoms with Crippen LogP contribution in [0.25, 0.3) is 0 Å². The van der Waals surface area contributed by atoms with Gasteiger partial charge in [0.2, 0.25) is 0 Å². The third-order valence-electron chi connectivity index (χ3n) is 2.21. The van der Waals surface area contributed by atoms with E-state index >= 15 is 0 Å². The highest BCUT2D eigenvalue weighted by molar-refractivity contribution is 6.81. The Balaban J connectivity index is 4.53. The first-order valence-electron chi connectivity index (χ1n) is 4.55. The smallest absolute Gasteiger partial charge is 0.0909 e. The van der Waals surface area contributed by atoms with E-state index in [1.165, 1.54) is 0 Å². The average Bonchev–Trinajstić information content (AvgIpc) is 2.06. The van der Waals surface area contributed by atoms with Gasteiger partial charge in [-0.15, -0.1) is 37.0 Å². The van der Waals surface area contributed by atoms with E-state index in [1.54, 1.807) is 0 Å². The second-order valence-corrected chi connectivity index (χ2v) is 7.95. The summed E-state index contributed by atoms with van der Waals surface area (Å²) in [5.41, 5.74) is 0. The molecule has 0 heterocycles. The molecule has 0 aliphatic rings. The van der Waals surface area contributed by atoms with Gasteiger partial charge in [0.1, 0.15) is 0 Å². The van der Waals surface area contributed by atoms with Crippen LogP contribution in [0.2, 0.25) is 24.2 Å². The summed E-state index contributed by atoms with van der Waals surface area (Å²) in [6.07, 6.45) is 17.2. The van der Waals surface area contributed by atoms with Crippen LogP contribution < -0.4 is 0 Å². The molecule has 0 fully saturated rings. The molecule has 0 aliphatic heterocycles. The Hall–Kier alpha value is -1.10. The van der Waals surface area contributed by atoms with Gasteiger partial charge in [-0.2, -0.15) is 0 Å². The first-order valence-corrected chi connectivity index (χ1v) is 7.38. The standard InChI is InChI=1S/C12H16Si/c1-5-9-13(10-6-2,11-7-3)12-8-4/h1-3H,8-12H2,4H3. The second kappa shape index (κ2) is 6.42. The predicted molar refractivity (Wildman–Crippen MR) is 61.8 cm³/mol. The highest BCUT2D eigenvalue weighted by Crippen LogP contribution is 2.25. The van der Waals surface area contributed by atoms with Crippen LogP contribution in [-0.2, 0) is 0 Å². The minimum absolute atomic E-state index is 0.829. The van der Waals surface area contributed by atoms with Crippen molar-refractivity contribution >= 4 is 8.07 Å². The van der Waals surface area contributed by atoms with Gasteiger partial charge in [0.15, 0.2) is 0 Å². The van der Waals surface area contributed by atoms with E-state index in [4.69, 9.17) is 19.3 Å². The quantitative estimate of drug-likeness (QED) is 0.460. The van der Waals surface area contributed by atoms with E-state index < -0.39 is 8.07 Å². The lowest BCUT2D eigenvalue weighted by atomic mass is 10.6. The van der Waals surface area contributed by atoms with Crippen LogP contribution in [0.1, 0.15) is 13.3 Å². The Morgan fingerprint density at radius 2 is 1.31 bits per heavy atom. The lowest BCUT2D eigenvalue weighted by Gasteiger charge is -2.24. The molecular weight excluding hydrogens is 172 g/mol. The summed E-state index contributed by atoms with van der Waals surface area (Å²) in [6.45, 7) is 2.16. The van der Waals surface area contributed by atoms with Crippen molar-refractivity contribution < 1.29 is 0 Å². The van der Waals surface area contributed by atoms with Gasteiger partial charge in [-0.05, 0) is 0 Å². The topological polar surface area (TPSA) is 0 Å². The molecule has 0 aromatic carbocycles. The molecule has 1 heteroatoms. The molecule has 0 rings (SSSR count). The summed E-state index contributed by atoms with van der Waals surface area (Å²) in [5, 5.41) is 0. The van der Waals surface area contributed by atoms with Crippen LogP contribution in [0, 0.1) is 37.0 Å². The summed E-state index contributed by atoms with van der Waals surface area (Å²) < 4.78 is 0. The molecule has 0 unspecified atom stereocenters. The Morgan fingerprint density at radius 1 is 0.923 bits per heavy atom. The fourth-order valence-electron chi connectivity index (χ4n) is 1.63. The van der Waals surface area contributed by atoms with Crippen molar-refractivity contribution in [1.82, 2.24) is 0 Å². The summed E-state index contributed by atoms with van der Waals surface area (Å²) in [6, 6.07) is 3.64. The van der Waals surface area contributed by atoms with Gasteiger partial charge in [-0.1, -0.05) is 19.4 Å². The van der Waals surface area contributed by atoms with Gasteiger partial charge in [-0.3, -0.25) is 0 Å². The highest BCUT2D eigenvalue weighted by atomic mass is 28.3. The van der Waals surface area contributed by atoms with Crippen LogP contribution >= 0.6 is 0 Å². The molecule has 0 amide bonds. The number of rotatable bonds is 5. The van der Waals surface area contributed by atoms with Crippen molar-refractivity contribution in [2.45, 2.75) is 37.5 Å². The molecule has 0 aromatic heterocycles. The zero-order chi connectivity index (χ0) is 10.2. The monoisotopic (exact) mass is 188 g/mol. The average molecular weight is 188 g/mol. The van der Waals surface area contributed by atoms with Gasteiger partial charge in [0, 0.05) is 18.1 Å². The van der Waals surface area contributed by atoms with Gasteiger partial charge < -0.3 is 0 Å². The maximum Gasteiger partial charge on any atom is 0.0909 e. The van der Waals surface area contributed by atoms with Crippen LogP contribution in [0.5, 0.6) is 0 Å². The molecule has 13 heavy (non-hydrogen) atoms. The normalized spacial score (nSPS) is 9.69. The molecule has 0 spiro atoms. The zero-order valence-corrected chi connectivity index (χ0v) is 9.27. The molecule has 0 atom stereocenters. The van der Waals surface area contributed by atoms with Crippen molar-refractivity contribution in [3.05, 3.63) is 0 Å². The third-order valence-corrected chi connectivity index (χ3v) is 6.63. The number of hydrogen-bond acceptors (Lipinski definition) is 0. The molecular formula is C12H16Si. The summed E-state index contributed by atoms with van der Waals surface area (Å²) in [4.78, 5) is 0. The lowest BCUT2D eigenvalue weighted by molar-refractivity contribution is 1.03. The SMILES string of the molecule is C#CC[Si](CC#C)(CC#C)CCC. The lowest BCUT2D eigenvalue weighted by Crippen LogP contribution is -2.32. The van der Waals surface area contributed by atoms with Gasteiger partial charge in [0.25, 0.3) is 0 Å². The van der Waals surface area contributed by atoms with Crippen molar-refractivity contribution in [3.63, 3.8) is 0 Å².